The lowest BCUT2D eigenvalue weighted by Crippen LogP contribution is -2.42. The van der Waals surface area contributed by atoms with Crippen LogP contribution >= 0.6 is 0 Å². The highest BCUT2D eigenvalue weighted by Crippen LogP contribution is 2.28. The van der Waals surface area contributed by atoms with E-state index in [0.717, 1.165) is 25.7 Å². The van der Waals surface area contributed by atoms with Crippen molar-refractivity contribution in [2.24, 2.45) is 11.3 Å². The van der Waals surface area contributed by atoms with Gasteiger partial charge in [-0.15, -0.1) is 0 Å². The molecule has 1 aliphatic carbocycles. The molecule has 0 heterocycles. The van der Waals surface area contributed by atoms with Gasteiger partial charge in [0.1, 0.15) is 0 Å². The first-order chi connectivity index (χ1) is 10.9. The number of aryl methyl sites for hydroxylation is 1. The molecule has 4 nitrogen and oxygen atoms in total. The zero-order valence-corrected chi connectivity index (χ0v) is 14.0. The van der Waals surface area contributed by atoms with Crippen LogP contribution in [0.2, 0.25) is 0 Å². The maximum Gasteiger partial charge on any atom is 0.306 e. The van der Waals surface area contributed by atoms with Crippen LogP contribution in [0.1, 0.15) is 51.5 Å². The Bertz CT molecular complexity index is 539. The number of aliphatic carboxylic acids is 1. The van der Waals surface area contributed by atoms with Gasteiger partial charge in [0.2, 0.25) is 5.91 Å². The zero-order chi connectivity index (χ0) is 16.9. The minimum absolute atomic E-state index is 0.0111. The molecule has 4 heteroatoms. The Labute approximate surface area is 138 Å². The molecule has 0 spiro atoms. The van der Waals surface area contributed by atoms with E-state index in [0.29, 0.717) is 12.8 Å². The van der Waals surface area contributed by atoms with Crippen molar-refractivity contribution in [1.29, 1.82) is 0 Å². The van der Waals surface area contributed by atoms with E-state index in [1.165, 1.54) is 5.56 Å². The summed E-state index contributed by atoms with van der Waals surface area (Å²) in [6.07, 6.45) is 4.75. The molecule has 126 valence electrons. The van der Waals surface area contributed by atoms with Gasteiger partial charge in [-0.2, -0.15) is 0 Å². The molecule has 0 aliphatic heterocycles. The molecule has 1 fully saturated rings. The van der Waals surface area contributed by atoms with Crippen LogP contribution in [0.3, 0.4) is 0 Å². The highest BCUT2D eigenvalue weighted by atomic mass is 16.4. The van der Waals surface area contributed by atoms with Crippen LogP contribution in [0.4, 0.5) is 0 Å². The monoisotopic (exact) mass is 317 g/mol. The molecular weight excluding hydrogens is 290 g/mol. The van der Waals surface area contributed by atoms with Crippen molar-refractivity contribution in [3.8, 4) is 0 Å². The topological polar surface area (TPSA) is 66.4 Å². The molecule has 23 heavy (non-hydrogen) atoms. The molecule has 1 aromatic rings. The molecule has 2 atom stereocenters. The number of carboxylic acid groups (broad SMARTS) is 1. The van der Waals surface area contributed by atoms with Crippen LogP contribution < -0.4 is 5.32 Å². The van der Waals surface area contributed by atoms with Gasteiger partial charge in [-0.25, -0.2) is 0 Å². The van der Waals surface area contributed by atoms with E-state index >= 15 is 0 Å². The molecule has 0 unspecified atom stereocenters. The second-order valence-corrected chi connectivity index (χ2v) is 7.24. The summed E-state index contributed by atoms with van der Waals surface area (Å²) in [7, 11) is 0. The Morgan fingerprint density at radius 3 is 2.52 bits per heavy atom. The summed E-state index contributed by atoms with van der Waals surface area (Å²) in [5, 5.41) is 12.1. The van der Waals surface area contributed by atoms with Crippen LogP contribution in [0.5, 0.6) is 0 Å². The summed E-state index contributed by atoms with van der Waals surface area (Å²) in [6, 6.07) is 10.3. The van der Waals surface area contributed by atoms with Crippen molar-refractivity contribution < 1.29 is 14.7 Å². The summed E-state index contributed by atoms with van der Waals surface area (Å²) >= 11 is 0. The van der Waals surface area contributed by atoms with E-state index in [2.05, 4.69) is 17.4 Å². The second kappa shape index (κ2) is 7.62. The average molecular weight is 317 g/mol. The summed E-state index contributed by atoms with van der Waals surface area (Å²) in [5.74, 6) is -1.01. The quantitative estimate of drug-likeness (QED) is 0.810. The normalized spacial score (nSPS) is 21.1. The van der Waals surface area contributed by atoms with Crippen LogP contribution in [0, 0.1) is 11.3 Å². The van der Waals surface area contributed by atoms with Crippen molar-refractivity contribution in [3.05, 3.63) is 35.9 Å². The van der Waals surface area contributed by atoms with Crippen molar-refractivity contribution in [2.75, 3.05) is 0 Å². The zero-order valence-electron chi connectivity index (χ0n) is 14.0. The van der Waals surface area contributed by atoms with Gasteiger partial charge >= 0.3 is 5.97 Å². The largest absolute Gasteiger partial charge is 0.481 e. The van der Waals surface area contributed by atoms with E-state index in [9.17, 15) is 9.59 Å². The maximum atomic E-state index is 12.5. The van der Waals surface area contributed by atoms with Crippen LogP contribution in [-0.2, 0) is 16.0 Å². The molecule has 0 saturated heterocycles. The third-order valence-corrected chi connectivity index (χ3v) is 4.84. The van der Waals surface area contributed by atoms with E-state index in [1.807, 2.05) is 32.0 Å². The highest BCUT2D eigenvalue weighted by molar-refractivity contribution is 5.82. The number of hydrogen-bond acceptors (Lipinski definition) is 2. The second-order valence-electron chi connectivity index (χ2n) is 7.24. The minimum Gasteiger partial charge on any atom is -0.481 e. The Kier molecular flexibility index (Phi) is 5.80. The van der Waals surface area contributed by atoms with Gasteiger partial charge in [0.05, 0.1) is 5.92 Å². The van der Waals surface area contributed by atoms with Crippen molar-refractivity contribution in [2.45, 2.75) is 58.4 Å². The molecule has 0 aromatic heterocycles. The molecule has 2 rings (SSSR count). The SMILES string of the molecule is CC(C)(CCCc1ccccc1)C(=O)N[C@@H]1CC[C@H](C(=O)O)C1. The van der Waals surface area contributed by atoms with Crippen molar-refractivity contribution in [3.63, 3.8) is 0 Å². The summed E-state index contributed by atoms with van der Waals surface area (Å²) < 4.78 is 0. The van der Waals surface area contributed by atoms with E-state index < -0.39 is 11.4 Å². The van der Waals surface area contributed by atoms with Gasteiger partial charge in [0.15, 0.2) is 0 Å². The number of benzene rings is 1. The predicted octanol–water partition coefficient (Wildman–Crippen LogP) is 3.41. The standard InChI is InChI=1S/C19H27NO3/c1-19(2,12-6-9-14-7-4-3-5-8-14)18(23)20-16-11-10-15(13-16)17(21)22/h3-5,7-8,15-16H,6,9-13H2,1-2H3,(H,20,23)(H,21,22)/t15-,16+/m0/s1. The third kappa shape index (κ3) is 5.08. The molecule has 0 radical (unpaired) electrons. The van der Waals surface area contributed by atoms with E-state index in [1.54, 1.807) is 0 Å². The molecule has 1 aromatic carbocycles. The molecule has 0 bridgehead atoms. The number of rotatable bonds is 7. The fourth-order valence-corrected chi connectivity index (χ4v) is 3.21. The van der Waals surface area contributed by atoms with Crippen molar-refractivity contribution >= 4 is 11.9 Å². The van der Waals surface area contributed by atoms with Crippen LogP contribution in [-0.4, -0.2) is 23.0 Å². The molecular formula is C19H27NO3. The molecule has 1 amide bonds. The Hall–Kier alpha value is -1.84. The lowest BCUT2D eigenvalue weighted by molar-refractivity contribution is -0.141. The molecule has 2 N–H and O–H groups in total. The smallest absolute Gasteiger partial charge is 0.306 e. The van der Waals surface area contributed by atoms with Gasteiger partial charge in [0, 0.05) is 11.5 Å². The maximum absolute atomic E-state index is 12.5. The fraction of sp³-hybridized carbons (Fsp3) is 0.579. The molecule has 1 aliphatic rings. The Balaban J connectivity index is 1.77. The van der Waals surface area contributed by atoms with Crippen LogP contribution in [0.15, 0.2) is 30.3 Å². The lowest BCUT2D eigenvalue weighted by Gasteiger charge is -2.26. The fourth-order valence-electron chi connectivity index (χ4n) is 3.21. The third-order valence-electron chi connectivity index (χ3n) is 4.84. The van der Waals surface area contributed by atoms with Gasteiger partial charge in [-0.1, -0.05) is 44.2 Å². The lowest BCUT2D eigenvalue weighted by atomic mass is 9.85. The number of carbonyl (C=O) groups excluding carboxylic acids is 1. The highest BCUT2D eigenvalue weighted by Gasteiger charge is 2.34. The van der Waals surface area contributed by atoms with Gasteiger partial charge < -0.3 is 10.4 Å². The van der Waals surface area contributed by atoms with Crippen LogP contribution in [0.25, 0.3) is 0 Å². The van der Waals surface area contributed by atoms with E-state index in [4.69, 9.17) is 5.11 Å². The van der Waals surface area contributed by atoms with Gasteiger partial charge in [-0.3, -0.25) is 9.59 Å². The summed E-state index contributed by atoms with van der Waals surface area (Å²) in [6.45, 7) is 3.94. The number of nitrogens with one attached hydrogen (secondary N) is 1. The van der Waals surface area contributed by atoms with E-state index in [-0.39, 0.29) is 17.9 Å². The average Bonchev–Trinajstić information content (AvgIpc) is 2.97. The number of hydrogen-bond donors (Lipinski definition) is 2. The Morgan fingerprint density at radius 1 is 1.22 bits per heavy atom. The van der Waals surface area contributed by atoms with Gasteiger partial charge in [-0.05, 0) is 44.1 Å². The first kappa shape index (κ1) is 17.5. The number of carbonyl (C=O) groups is 2. The summed E-state index contributed by atoms with van der Waals surface area (Å²) in [4.78, 5) is 23.5. The minimum atomic E-state index is -0.746. The molecule has 1 saturated carbocycles. The number of amides is 1. The van der Waals surface area contributed by atoms with Gasteiger partial charge in [0.25, 0.3) is 0 Å². The first-order valence-electron chi connectivity index (χ1n) is 8.46. The predicted molar refractivity (Wildman–Crippen MR) is 90.1 cm³/mol. The summed E-state index contributed by atoms with van der Waals surface area (Å²) in [5.41, 5.74) is 0.875. The van der Waals surface area contributed by atoms with Crippen molar-refractivity contribution in [1.82, 2.24) is 5.32 Å². The Morgan fingerprint density at radius 2 is 1.91 bits per heavy atom. The first-order valence-corrected chi connectivity index (χ1v) is 8.46. The number of carboxylic acids is 1.